The Hall–Kier alpha value is -3.86. The lowest BCUT2D eigenvalue weighted by Gasteiger charge is -2.25. The van der Waals surface area contributed by atoms with Crippen LogP contribution in [-0.4, -0.2) is 23.4 Å². The minimum absolute atomic E-state index is 0.0614. The molecule has 1 saturated heterocycles. The maximum absolute atomic E-state index is 13.1. The number of benzene rings is 3. The van der Waals surface area contributed by atoms with Crippen molar-refractivity contribution in [2.24, 2.45) is 0 Å². The van der Waals surface area contributed by atoms with E-state index in [0.29, 0.717) is 23.6 Å². The lowest BCUT2D eigenvalue weighted by Crippen LogP contribution is -2.29. The number of aliphatic hydroxyl groups excluding tert-OH is 1. The Morgan fingerprint density at radius 3 is 2.42 bits per heavy atom. The maximum Gasteiger partial charge on any atom is 0.300 e. The zero-order valence-corrected chi connectivity index (χ0v) is 17.4. The van der Waals surface area contributed by atoms with Crippen molar-refractivity contribution in [3.05, 3.63) is 101 Å². The van der Waals surface area contributed by atoms with Crippen LogP contribution in [0.4, 0.5) is 5.69 Å². The van der Waals surface area contributed by atoms with E-state index in [2.05, 4.69) is 0 Å². The minimum atomic E-state index is -0.737. The van der Waals surface area contributed by atoms with E-state index in [0.717, 1.165) is 11.1 Å². The number of ether oxygens (including phenoxy) is 1. The van der Waals surface area contributed by atoms with Crippen LogP contribution >= 0.6 is 0 Å². The summed E-state index contributed by atoms with van der Waals surface area (Å²) in [6, 6.07) is 22.8. The molecule has 1 heterocycles. The summed E-state index contributed by atoms with van der Waals surface area (Å²) < 4.78 is 5.53. The highest BCUT2D eigenvalue weighted by Crippen LogP contribution is 2.42. The Morgan fingerprint density at radius 2 is 1.71 bits per heavy atom. The van der Waals surface area contributed by atoms with Gasteiger partial charge in [-0.3, -0.25) is 14.5 Å². The fourth-order valence-electron chi connectivity index (χ4n) is 3.88. The van der Waals surface area contributed by atoms with Crippen molar-refractivity contribution in [1.29, 1.82) is 0 Å². The first-order chi connectivity index (χ1) is 15.0. The number of amides is 1. The number of Topliss-reactive ketones (excluding diaryl/α,β-unsaturated/α-hetero) is 1. The molecule has 0 radical (unpaired) electrons. The van der Waals surface area contributed by atoms with Crippen molar-refractivity contribution in [3.8, 4) is 5.75 Å². The number of hydrogen-bond donors (Lipinski definition) is 1. The zero-order chi connectivity index (χ0) is 22.0. The first-order valence-electron chi connectivity index (χ1n) is 10.2. The van der Waals surface area contributed by atoms with E-state index in [9.17, 15) is 14.7 Å². The summed E-state index contributed by atoms with van der Waals surface area (Å²) in [7, 11) is 0. The molecule has 0 aromatic heterocycles. The van der Waals surface area contributed by atoms with Gasteiger partial charge in [-0.25, -0.2) is 0 Å². The zero-order valence-electron chi connectivity index (χ0n) is 17.4. The molecular weight excluding hydrogens is 390 g/mol. The highest BCUT2D eigenvalue weighted by Gasteiger charge is 2.46. The molecule has 5 heteroatoms. The number of rotatable bonds is 5. The van der Waals surface area contributed by atoms with Gasteiger partial charge in [-0.05, 0) is 49.2 Å². The van der Waals surface area contributed by atoms with Gasteiger partial charge in [-0.2, -0.15) is 0 Å². The number of anilines is 1. The average Bonchev–Trinajstić information content (AvgIpc) is 3.05. The quantitative estimate of drug-likeness (QED) is 0.362. The van der Waals surface area contributed by atoms with Gasteiger partial charge < -0.3 is 9.84 Å². The van der Waals surface area contributed by atoms with E-state index < -0.39 is 17.7 Å². The number of carbonyl (C=O) groups is 2. The third kappa shape index (κ3) is 3.82. The van der Waals surface area contributed by atoms with Crippen molar-refractivity contribution in [1.82, 2.24) is 0 Å². The molecule has 3 aromatic carbocycles. The van der Waals surface area contributed by atoms with Crippen LogP contribution in [0.1, 0.15) is 29.7 Å². The van der Waals surface area contributed by atoms with Gasteiger partial charge in [0.2, 0.25) is 0 Å². The number of ketones is 1. The Bertz CT molecular complexity index is 1170. The number of hydrogen-bond acceptors (Lipinski definition) is 4. The Morgan fingerprint density at radius 1 is 0.968 bits per heavy atom. The summed E-state index contributed by atoms with van der Waals surface area (Å²) in [6.45, 7) is 4.28. The lowest BCUT2D eigenvalue weighted by molar-refractivity contribution is -0.132. The standard InChI is InChI=1S/C26H23NO4/c1-3-31-21-14-8-12-19(16-21)24(28)22-23(18-10-5-4-6-11-18)27(26(30)25(22)29)20-13-7-9-17(2)15-20/h4-16,23,28H,3H2,1-2H3/b24-22+. The molecule has 156 valence electrons. The SMILES string of the molecule is CCOc1cccc(/C(O)=C2\C(=O)C(=O)N(c3cccc(C)c3)C2c2ccccc2)c1. The van der Waals surface area contributed by atoms with Crippen LogP contribution < -0.4 is 9.64 Å². The predicted molar refractivity (Wildman–Crippen MR) is 120 cm³/mol. The molecule has 3 aromatic rings. The fraction of sp³-hybridized carbons (Fsp3) is 0.154. The normalized spacial score (nSPS) is 17.7. The van der Waals surface area contributed by atoms with Crippen molar-refractivity contribution in [2.75, 3.05) is 11.5 Å². The molecule has 0 aliphatic carbocycles. The molecule has 5 nitrogen and oxygen atoms in total. The highest BCUT2D eigenvalue weighted by molar-refractivity contribution is 6.51. The molecule has 0 spiro atoms. The Labute approximate surface area is 181 Å². The molecule has 0 bridgehead atoms. The Balaban J connectivity index is 1.92. The summed E-state index contributed by atoms with van der Waals surface area (Å²) in [5.74, 6) is -1.02. The average molecular weight is 413 g/mol. The van der Waals surface area contributed by atoms with Gasteiger partial charge >= 0.3 is 0 Å². The van der Waals surface area contributed by atoms with Crippen molar-refractivity contribution in [2.45, 2.75) is 19.9 Å². The van der Waals surface area contributed by atoms with Crippen LogP contribution in [-0.2, 0) is 9.59 Å². The molecule has 1 atom stereocenters. The van der Waals surface area contributed by atoms with E-state index in [1.807, 2.05) is 62.4 Å². The maximum atomic E-state index is 13.1. The predicted octanol–water partition coefficient (Wildman–Crippen LogP) is 5.02. The second kappa shape index (κ2) is 8.48. The van der Waals surface area contributed by atoms with E-state index >= 15 is 0 Å². The van der Waals surface area contributed by atoms with Gasteiger partial charge in [-0.15, -0.1) is 0 Å². The van der Waals surface area contributed by atoms with E-state index in [4.69, 9.17) is 4.74 Å². The van der Waals surface area contributed by atoms with Crippen molar-refractivity contribution < 1.29 is 19.4 Å². The molecule has 1 aliphatic rings. The molecule has 31 heavy (non-hydrogen) atoms. The molecule has 1 unspecified atom stereocenters. The van der Waals surface area contributed by atoms with Gasteiger partial charge in [-0.1, -0.05) is 54.6 Å². The topological polar surface area (TPSA) is 66.8 Å². The highest BCUT2D eigenvalue weighted by atomic mass is 16.5. The Kier molecular flexibility index (Phi) is 5.58. The summed E-state index contributed by atoms with van der Waals surface area (Å²) in [5.41, 5.74) is 2.81. The van der Waals surface area contributed by atoms with E-state index in [1.165, 1.54) is 4.90 Å². The lowest BCUT2D eigenvalue weighted by atomic mass is 9.95. The largest absolute Gasteiger partial charge is 0.507 e. The minimum Gasteiger partial charge on any atom is -0.507 e. The first kappa shape index (κ1) is 20.4. The van der Waals surface area contributed by atoms with Crippen LogP contribution in [0.25, 0.3) is 5.76 Å². The second-order valence-corrected chi connectivity index (χ2v) is 7.38. The third-order valence-corrected chi connectivity index (χ3v) is 5.26. The van der Waals surface area contributed by atoms with Crippen LogP contribution in [0.5, 0.6) is 5.75 Å². The van der Waals surface area contributed by atoms with Crippen LogP contribution in [0.15, 0.2) is 84.4 Å². The van der Waals surface area contributed by atoms with E-state index in [-0.39, 0.29) is 11.3 Å². The second-order valence-electron chi connectivity index (χ2n) is 7.38. The molecular formula is C26H23NO4. The number of carbonyl (C=O) groups excluding carboxylic acids is 2. The van der Waals surface area contributed by atoms with Crippen LogP contribution in [0.3, 0.4) is 0 Å². The fourth-order valence-corrected chi connectivity index (χ4v) is 3.88. The van der Waals surface area contributed by atoms with E-state index in [1.54, 1.807) is 30.3 Å². The summed E-state index contributed by atoms with van der Waals surface area (Å²) in [4.78, 5) is 27.7. The van der Waals surface area contributed by atoms with Crippen LogP contribution in [0.2, 0.25) is 0 Å². The summed E-state index contributed by atoms with van der Waals surface area (Å²) in [5, 5.41) is 11.2. The van der Waals surface area contributed by atoms with Gasteiger partial charge in [0, 0.05) is 11.3 Å². The third-order valence-electron chi connectivity index (χ3n) is 5.26. The van der Waals surface area contributed by atoms with Gasteiger partial charge in [0.15, 0.2) is 0 Å². The molecule has 1 fully saturated rings. The summed E-state index contributed by atoms with van der Waals surface area (Å²) in [6.07, 6.45) is 0. The van der Waals surface area contributed by atoms with Crippen molar-refractivity contribution >= 4 is 23.1 Å². The smallest absolute Gasteiger partial charge is 0.300 e. The molecule has 4 rings (SSSR count). The molecule has 1 aliphatic heterocycles. The first-order valence-corrected chi connectivity index (χ1v) is 10.2. The monoisotopic (exact) mass is 413 g/mol. The number of aliphatic hydroxyl groups is 1. The van der Waals surface area contributed by atoms with Crippen molar-refractivity contribution in [3.63, 3.8) is 0 Å². The summed E-state index contributed by atoms with van der Waals surface area (Å²) >= 11 is 0. The molecule has 1 amide bonds. The number of nitrogens with zero attached hydrogens (tertiary/aromatic N) is 1. The molecule has 0 saturated carbocycles. The van der Waals surface area contributed by atoms with Crippen LogP contribution in [0, 0.1) is 6.92 Å². The molecule has 1 N–H and O–H groups in total. The van der Waals surface area contributed by atoms with Gasteiger partial charge in [0.05, 0.1) is 18.2 Å². The number of aryl methyl sites for hydroxylation is 1. The van der Waals surface area contributed by atoms with Gasteiger partial charge in [0.1, 0.15) is 11.5 Å². The van der Waals surface area contributed by atoms with Gasteiger partial charge in [0.25, 0.3) is 11.7 Å².